The Labute approximate surface area is 179 Å². The van der Waals surface area contributed by atoms with Crippen LogP contribution in [0.1, 0.15) is 19.8 Å². The number of aromatic nitrogens is 2. The number of carbonyl (C=O) groups is 1. The number of hydrogen-bond acceptors (Lipinski definition) is 10. The number of esters is 1. The van der Waals surface area contributed by atoms with Crippen molar-refractivity contribution in [3.63, 3.8) is 0 Å². The Hall–Kier alpha value is -3.28. The summed E-state index contributed by atoms with van der Waals surface area (Å²) in [4.78, 5) is 33.2. The van der Waals surface area contributed by atoms with Crippen LogP contribution in [0.15, 0.2) is 35.5 Å². The molecule has 1 aliphatic heterocycles. The van der Waals surface area contributed by atoms with Gasteiger partial charge in [-0.2, -0.15) is 0 Å². The average Bonchev–Trinajstić information content (AvgIpc) is 2.73. The summed E-state index contributed by atoms with van der Waals surface area (Å²) in [6.45, 7) is 2.91. The molecule has 0 atom stereocenters. The summed E-state index contributed by atoms with van der Waals surface area (Å²) in [7, 11) is -3.35. The minimum atomic E-state index is -3.35. The highest BCUT2D eigenvalue weighted by Crippen LogP contribution is 2.35. The van der Waals surface area contributed by atoms with E-state index in [1.54, 1.807) is 11.8 Å². The molecule has 0 radical (unpaired) electrons. The number of benzene rings is 1. The first kappa shape index (κ1) is 22.4. The molecule has 1 fully saturated rings. The normalized spacial score (nSPS) is 14.8. The Bertz CT molecular complexity index is 1070. The predicted octanol–water partition coefficient (Wildman–Crippen LogP) is 2.31. The molecule has 0 bridgehead atoms. The van der Waals surface area contributed by atoms with Crippen LogP contribution in [0, 0.1) is 16.0 Å². The number of nitrogens with zero attached hydrogens (tertiary/aromatic N) is 4. The average molecular weight is 449 g/mol. The Balaban J connectivity index is 1.82. The molecular weight excluding hydrogens is 426 g/mol. The van der Waals surface area contributed by atoms with Crippen LogP contribution in [0.25, 0.3) is 0 Å². The number of rotatable bonds is 7. The van der Waals surface area contributed by atoms with E-state index in [0.29, 0.717) is 38.2 Å². The number of hydrogen-bond donors (Lipinski definition) is 1. The summed E-state index contributed by atoms with van der Waals surface area (Å²) in [5.41, 5.74) is 0.158. The molecule has 0 saturated carbocycles. The molecule has 1 saturated heterocycles. The van der Waals surface area contributed by atoms with Gasteiger partial charge >= 0.3 is 11.7 Å². The summed E-state index contributed by atoms with van der Waals surface area (Å²) in [6, 6.07) is 5.83. The minimum Gasteiger partial charge on any atom is -0.466 e. The summed E-state index contributed by atoms with van der Waals surface area (Å²) in [6.07, 6.45) is 3.35. The molecule has 31 heavy (non-hydrogen) atoms. The first-order valence-corrected chi connectivity index (χ1v) is 11.6. The molecule has 1 aromatic carbocycles. The summed E-state index contributed by atoms with van der Waals surface area (Å²) >= 11 is 0. The Kier molecular flexibility index (Phi) is 6.68. The van der Waals surface area contributed by atoms with E-state index in [9.17, 15) is 23.3 Å². The van der Waals surface area contributed by atoms with Gasteiger partial charge in [0.25, 0.3) is 0 Å². The number of nitrogens with one attached hydrogen (secondary N) is 1. The second-order valence-electron chi connectivity index (χ2n) is 7.09. The first-order chi connectivity index (χ1) is 14.7. The van der Waals surface area contributed by atoms with Gasteiger partial charge in [0.15, 0.2) is 9.84 Å². The second-order valence-corrected chi connectivity index (χ2v) is 9.10. The molecule has 0 amide bonds. The van der Waals surface area contributed by atoms with Crippen LogP contribution in [-0.2, 0) is 19.4 Å². The van der Waals surface area contributed by atoms with Crippen molar-refractivity contribution in [1.29, 1.82) is 0 Å². The monoisotopic (exact) mass is 449 g/mol. The van der Waals surface area contributed by atoms with Crippen LogP contribution in [0.5, 0.6) is 0 Å². The van der Waals surface area contributed by atoms with Gasteiger partial charge in [-0.15, -0.1) is 0 Å². The van der Waals surface area contributed by atoms with Crippen LogP contribution in [0.4, 0.5) is 23.0 Å². The van der Waals surface area contributed by atoms with Crippen LogP contribution in [0.2, 0.25) is 0 Å². The molecule has 0 aliphatic carbocycles. The second kappa shape index (κ2) is 9.25. The van der Waals surface area contributed by atoms with E-state index in [2.05, 4.69) is 15.3 Å². The zero-order valence-corrected chi connectivity index (χ0v) is 18.0. The van der Waals surface area contributed by atoms with Gasteiger partial charge in [0.1, 0.15) is 6.33 Å². The summed E-state index contributed by atoms with van der Waals surface area (Å²) in [5, 5.41) is 14.7. The smallest absolute Gasteiger partial charge is 0.353 e. The Morgan fingerprint density at radius 3 is 2.45 bits per heavy atom. The van der Waals surface area contributed by atoms with E-state index in [-0.39, 0.29) is 34.1 Å². The molecule has 1 aliphatic rings. The molecule has 2 aromatic rings. The van der Waals surface area contributed by atoms with Crippen molar-refractivity contribution in [2.45, 2.75) is 24.7 Å². The zero-order valence-electron chi connectivity index (χ0n) is 17.1. The fourth-order valence-corrected chi connectivity index (χ4v) is 4.00. The topological polar surface area (TPSA) is 145 Å². The van der Waals surface area contributed by atoms with Crippen LogP contribution < -0.4 is 10.2 Å². The summed E-state index contributed by atoms with van der Waals surface area (Å²) < 4.78 is 28.3. The van der Waals surface area contributed by atoms with Gasteiger partial charge in [0.2, 0.25) is 11.6 Å². The molecule has 1 N–H and O–H groups in total. The van der Waals surface area contributed by atoms with Crippen molar-refractivity contribution >= 4 is 38.8 Å². The highest BCUT2D eigenvalue weighted by molar-refractivity contribution is 7.90. The lowest BCUT2D eigenvalue weighted by Crippen LogP contribution is -2.37. The third kappa shape index (κ3) is 5.26. The van der Waals surface area contributed by atoms with E-state index >= 15 is 0 Å². The van der Waals surface area contributed by atoms with E-state index in [4.69, 9.17) is 4.74 Å². The number of piperidine rings is 1. The van der Waals surface area contributed by atoms with Gasteiger partial charge in [0, 0.05) is 25.0 Å². The molecule has 0 spiro atoms. The van der Waals surface area contributed by atoms with E-state index in [1.165, 1.54) is 30.6 Å². The first-order valence-electron chi connectivity index (χ1n) is 9.68. The number of anilines is 3. The number of sulfone groups is 1. The lowest BCUT2D eigenvalue weighted by molar-refractivity contribution is -0.383. The van der Waals surface area contributed by atoms with Crippen molar-refractivity contribution in [2.75, 3.05) is 36.2 Å². The fraction of sp³-hybridized carbons (Fsp3) is 0.421. The predicted molar refractivity (Wildman–Crippen MR) is 113 cm³/mol. The van der Waals surface area contributed by atoms with Gasteiger partial charge in [0.05, 0.1) is 22.3 Å². The number of ether oxygens (including phenoxy) is 1. The van der Waals surface area contributed by atoms with Crippen LogP contribution in [0.3, 0.4) is 0 Å². The third-order valence-corrected chi connectivity index (χ3v) is 6.07. The molecule has 3 rings (SSSR count). The van der Waals surface area contributed by atoms with E-state index < -0.39 is 14.8 Å². The standard InChI is InChI=1S/C19H23N5O6S/c1-3-30-19(25)13-8-10-23(11-9-13)18-16(24(26)27)17(20-12-21-18)22-14-4-6-15(7-5-14)31(2,28)29/h4-7,12-13H,3,8-11H2,1-2H3,(H,20,21,22). The van der Waals surface area contributed by atoms with E-state index in [0.717, 1.165) is 6.26 Å². The third-order valence-electron chi connectivity index (χ3n) is 4.95. The van der Waals surface area contributed by atoms with Crippen molar-refractivity contribution in [3.05, 3.63) is 40.7 Å². The zero-order chi connectivity index (χ0) is 22.6. The van der Waals surface area contributed by atoms with Gasteiger partial charge < -0.3 is 15.0 Å². The van der Waals surface area contributed by atoms with Crippen molar-refractivity contribution in [3.8, 4) is 0 Å². The Morgan fingerprint density at radius 1 is 1.26 bits per heavy atom. The van der Waals surface area contributed by atoms with Gasteiger partial charge in [-0.05, 0) is 44.0 Å². The maximum absolute atomic E-state index is 11.9. The fourth-order valence-electron chi connectivity index (χ4n) is 3.37. The van der Waals surface area contributed by atoms with Crippen LogP contribution in [-0.4, -0.2) is 55.2 Å². The molecule has 166 valence electrons. The lowest BCUT2D eigenvalue weighted by atomic mass is 9.97. The van der Waals surface area contributed by atoms with Crippen molar-refractivity contribution in [1.82, 2.24) is 9.97 Å². The van der Waals surface area contributed by atoms with Gasteiger partial charge in [-0.1, -0.05) is 0 Å². The van der Waals surface area contributed by atoms with E-state index in [1.807, 2.05) is 0 Å². The lowest BCUT2D eigenvalue weighted by Gasteiger charge is -2.31. The molecule has 0 unspecified atom stereocenters. The summed E-state index contributed by atoms with van der Waals surface area (Å²) in [5.74, 6) is -0.325. The van der Waals surface area contributed by atoms with Crippen LogP contribution >= 0.6 is 0 Å². The Morgan fingerprint density at radius 2 is 1.90 bits per heavy atom. The quantitative estimate of drug-likeness (QED) is 0.380. The van der Waals surface area contributed by atoms with Gasteiger partial charge in [-0.25, -0.2) is 18.4 Å². The van der Waals surface area contributed by atoms with Crippen molar-refractivity contribution < 1.29 is 22.9 Å². The SMILES string of the molecule is CCOC(=O)C1CCN(c2ncnc(Nc3ccc(S(C)(=O)=O)cc3)c2[N+](=O)[O-])CC1. The minimum absolute atomic E-state index is 0.00498. The highest BCUT2D eigenvalue weighted by atomic mass is 32.2. The largest absolute Gasteiger partial charge is 0.466 e. The highest BCUT2D eigenvalue weighted by Gasteiger charge is 2.32. The number of nitro groups is 1. The van der Waals surface area contributed by atoms with Gasteiger partial charge in [-0.3, -0.25) is 14.9 Å². The number of carbonyl (C=O) groups excluding carboxylic acids is 1. The maximum Gasteiger partial charge on any atom is 0.353 e. The van der Waals surface area contributed by atoms with Crippen molar-refractivity contribution in [2.24, 2.45) is 5.92 Å². The molecule has 2 heterocycles. The molecule has 1 aromatic heterocycles. The maximum atomic E-state index is 11.9. The molecular formula is C19H23N5O6S. The molecule has 12 heteroatoms. The molecule has 11 nitrogen and oxygen atoms in total.